The quantitative estimate of drug-likeness (QED) is 0.458. The van der Waals surface area contributed by atoms with Crippen LogP contribution in [0.1, 0.15) is 43.8 Å². The lowest BCUT2D eigenvalue weighted by Crippen LogP contribution is -2.15. The highest BCUT2D eigenvalue weighted by molar-refractivity contribution is 5.99. The highest BCUT2D eigenvalue weighted by Crippen LogP contribution is 2.37. The number of nitrogens with one attached hydrogen (secondary N) is 1. The number of hydrogen-bond donors (Lipinski definition) is 2. The van der Waals surface area contributed by atoms with E-state index in [0.29, 0.717) is 11.3 Å². The summed E-state index contributed by atoms with van der Waals surface area (Å²) in [5, 5.41) is 14.8. The van der Waals surface area contributed by atoms with Crippen LogP contribution >= 0.6 is 0 Å². The molecule has 5 rings (SSSR count). The molecule has 1 aliphatic carbocycles. The van der Waals surface area contributed by atoms with E-state index < -0.39 is 0 Å². The van der Waals surface area contributed by atoms with Crippen molar-refractivity contribution in [3.63, 3.8) is 0 Å². The number of aliphatic hydroxyl groups excluding tert-OH is 1. The molecule has 1 aliphatic rings. The summed E-state index contributed by atoms with van der Waals surface area (Å²) in [6.07, 6.45) is 7.30. The van der Waals surface area contributed by atoms with E-state index in [4.69, 9.17) is 0 Å². The van der Waals surface area contributed by atoms with E-state index in [9.17, 15) is 9.90 Å². The smallest absolute Gasteiger partial charge is 0.255 e. The molecule has 0 aliphatic heterocycles. The predicted molar refractivity (Wildman–Crippen MR) is 119 cm³/mol. The molecule has 0 radical (unpaired) electrons. The predicted octanol–water partition coefficient (Wildman–Crippen LogP) is 5.96. The van der Waals surface area contributed by atoms with Gasteiger partial charge in [0.05, 0.1) is 6.10 Å². The molecular weight excluding hydrogens is 358 g/mol. The SMILES string of the molecule is O=c1[nH]ccc2cc(-c3cccc4cc(C(O)C5CCCCC5)ccc34)ccc12. The molecule has 2 N–H and O–H groups in total. The minimum Gasteiger partial charge on any atom is -0.388 e. The Morgan fingerprint density at radius 3 is 2.52 bits per heavy atom. The Balaban J connectivity index is 1.56. The summed E-state index contributed by atoms with van der Waals surface area (Å²) in [7, 11) is 0. The molecular formula is C26H25NO2. The van der Waals surface area contributed by atoms with Crippen LogP contribution in [0.2, 0.25) is 0 Å². The third-order valence-electron chi connectivity index (χ3n) is 6.43. The maximum Gasteiger partial charge on any atom is 0.255 e. The number of H-pyrrole nitrogens is 1. The first-order chi connectivity index (χ1) is 14.2. The Morgan fingerprint density at radius 1 is 0.862 bits per heavy atom. The second-order valence-electron chi connectivity index (χ2n) is 8.24. The summed E-state index contributed by atoms with van der Waals surface area (Å²) in [5.74, 6) is 0.378. The highest BCUT2D eigenvalue weighted by Gasteiger charge is 2.23. The van der Waals surface area contributed by atoms with Gasteiger partial charge in [0, 0.05) is 11.6 Å². The molecule has 0 amide bonds. The third kappa shape index (κ3) is 3.36. The summed E-state index contributed by atoms with van der Waals surface area (Å²) >= 11 is 0. The molecule has 29 heavy (non-hydrogen) atoms. The van der Waals surface area contributed by atoms with Crippen LogP contribution in [0.15, 0.2) is 71.7 Å². The molecule has 3 heteroatoms. The Labute approximate surface area is 170 Å². The molecule has 4 aromatic rings. The van der Waals surface area contributed by atoms with E-state index in [0.717, 1.165) is 45.7 Å². The van der Waals surface area contributed by atoms with E-state index in [2.05, 4.69) is 47.4 Å². The van der Waals surface area contributed by atoms with Crippen molar-refractivity contribution in [2.45, 2.75) is 38.2 Å². The van der Waals surface area contributed by atoms with E-state index in [1.54, 1.807) is 6.20 Å². The van der Waals surface area contributed by atoms with Crippen molar-refractivity contribution in [3.05, 3.63) is 82.8 Å². The van der Waals surface area contributed by atoms with Gasteiger partial charge in [-0.3, -0.25) is 4.79 Å². The van der Waals surface area contributed by atoms with E-state index in [1.165, 1.54) is 19.3 Å². The maximum atomic E-state index is 12.0. The lowest BCUT2D eigenvalue weighted by Gasteiger charge is -2.27. The standard InChI is InChI=1S/C26H25NO2/c28-25(17-5-2-1-3-6-17)21-10-11-23-18(16-21)7-4-8-22(23)19-9-12-24-20(15-19)13-14-27-26(24)29/h4,7-17,25,28H,1-3,5-6H2,(H,27,29). The summed E-state index contributed by atoms with van der Waals surface area (Å²) in [6, 6.07) is 20.6. The number of aromatic amines is 1. The van der Waals surface area contributed by atoms with Crippen LogP contribution in [-0.4, -0.2) is 10.1 Å². The van der Waals surface area contributed by atoms with Crippen molar-refractivity contribution < 1.29 is 5.11 Å². The Hall–Kier alpha value is -2.91. The number of benzene rings is 3. The Bertz CT molecular complexity index is 1230. The second-order valence-corrected chi connectivity index (χ2v) is 8.24. The van der Waals surface area contributed by atoms with Crippen molar-refractivity contribution in [3.8, 4) is 11.1 Å². The molecule has 0 saturated heterocycles. The van der Waals surface area contributed by atoms with Gasteiger partial charge in [0.2, 0.25) is 0 Å². The van der Waals surface area contributed by atoms with Gasteiger partial charge in [0.1, 0.15) is 0 Å². The van der Waals surface area contributed by atoms with Crippen molar-refractivity contribution >= 4 is 21.5 Å². The molecule has 0 bridgehead atoms. The zero-order valence-electron chi connectivity index (χ0n) is 16.4. The third-order valence-corrected chi connectivity index (χ3v) is 6.43. The first kappa shape index (κ1) is 18.1. The zero-order chi connectivity index (χ0) is 19.8. The summed E-state index contributed by atoms with van der Waals surface area (Å²) in [5.41, 5.74) is 3.19. The largest absolute Gasteiger partial charge is 0.388 e. The fourth-order valence-corrected chi connectivity index (χ4v) is 4.82. The summed E-state index contributed by atoms with van der Waals surface area (Å²) < 4.78 is 0. The summed E-state index contributed by atoms with van der Waals surface area (Å²) in [4.78, 5) is 14.7. The topological polar surface area (TPSA) is 53.1 Å². The molecule has 3 nitrogen and oxygen atoms in total. The minimum atomic E-state index is -0.379. The second kappa shape index (κ2) is 7.49. The lowest BCUT2D eigenvalue weighted by molar-refractivity contribution is 0.0849. The molecule has 1 fully saturated rings. The number of hydrogen-bond acceptors (Lipinski definition) is 2. The van der Waals surface area contributed by atoms with Crippen molar-refractivity contribution in [1.82, 2.24) is 4.98 Å². The van der Waals surface area contributed by atoms with Crippen molar-refractivity contribution in [1.29, 1.82) is 0 Å². The van der Waals surface area contributed by atoms with E-state index in [-0.39, 0.29) is 11.7 Å². The van der Waals surface area contributed by atoms with Gasteiger partial charge < -0.3 is 10.1 Å². The average molecular weight is 383 g/mol. The fraction of sp³-hybridized carbons (Fsp3) is 0.269. The van der Waals surface area contributed by atoms with Gasteiger partial charge in [-0.25, -0.2) is 0 Å². The first-order valence-corrected chi connectivity index (χ1v) is 10.5. The molecule has 1 unspecified atom stereocenters. The number of fused-ring (bicyclic) bond motifs is 2. The molecule has 146 valence electrons. The molecule has 1 heterocycles. The van der Waals surface area contributed by atoms with E-state index >= 15 is 0 Å². The van der Waals surface area contributed by atoms with Gasteiger partial charge in [0.15, 0.2) is 0 Å². The van der Waals surface area contributed by atoms with Crippen LogP contribution in [0.5, 0.6) is 0 Å². The minimum absolute atomic E-state index is 0.0617. The van der Waals surface area contributed by atoms with E-state index in [1.807, 2.05) is 18.2 Å². The Kier molecular flexibility index (Phi) is 4.69. The zero-order valence-corrected chi connectivity index (χ0v) is 16.4. The lowest BCUT2D eigenvalue weighted by atomic mass is 9.82. The van der Waals surface area contributed by atoms with Crippen LogP contribution in [-0.2, 0) is 0 Å². The van der Waals surface area contributed by atoms with Crippen molar-refractivity contribution in [2.24, 2.45) is 5.92 Å². The Morgan fingerprint density at radius 2 is 1.66 bits per heavy atom. The molecule has 0 spiro atoms. The molecule has 1 atom stereocenters. The van der Waals surface area contributed by atoms with Crippen LogP contribution in [0.25, 0.3) is 32.7 Å². The van der Waals surface area contributed by atoms with Gasteiger partial charge in [-0.15, -0.1) is 0 Å². The number of aromatic nitrogens is 1. The number of rotatable bonds is 3. The van der Waals surface area contributed by atoms with Gasteiger partial charge in [-0.2, -0.15) is 0 Å². The van der Waals surface area contributed by atoms with Crippen LogP contribution in [0, 0.1) is 5.92 Å². The van der Waals surface area contributed by atoms with Crippen LogP contribution < -0.4 is 5.56 Å². The van der Waals surface area contributed by atoms with Gasteiger partial charge in [-0.05, 0) is 75.9 Å². The average Bonchev–Trinajstić information content (AvgIpc) is 2.78. The van der Waals surface area contributed by atoms with Crippen LogP contribution in [0.3, 0.4) is 0 Å². The summed E-state index contributed by atoms with van der Waals surface area (Å²) in [6.45, 7) is 0. The number of pyridine rings is 1. The molecule has 1 aromatic heterocycles. The fourth-order valence-electron chi connectivity index (χ4n) is 4.82. The highest BCUT2D eigenvalue weighted by atomic mass is 16.3. The van der Waals surface area contributed by atoms with Gasteiger partial charge in [0.25, 0.3) is 5.56 Å². The van der Waals surface area contributed by atoms with Crippen LogP contribution in [0.4, 0.5) is 0 Å². The first-order valence-electron chi connectivity index (χ1n) is 10.5. The monoisotopic (exact) mass is 383 g/mol. The molecule has 3 aromatic carbocycles. The van der Waals surface area contributed by atoms with Crippen molar-refractivity contribution in [2.75, 3.05) is 0 Å². The normalized spacial score (nSPS) is 16.3. The number of aliphatic hydroxyl groups is 1. The maximum absolute atomic E-state index is 12.0. The van der Waals surface area contributed by atoms with Gasteiger partial charge >= 0.3 is 0 Å². The molecule has 1 saturated carbocycles. The van der Waals surface area contributed by atoms with Gasteiger partial charge in [-0.1, -0.05) is 55.7 Å².